The lowest BCUT2D eigenvalue weighted by Gasteiger charge is -2.41. The summed E-state index contributed by atoms with van der Waals surface area (Å²) in [4.78, 5) is 14.0. The van der Waals surface area contributed by atoms with Crippen LogP contribution in [0.3, 0.4) is 0 Å². The number of rotatable bonds is 2. The van der Waals surface area contributed by atoms with Crippen molar-refractivity contribution in [1.82, 2.24) is 10.7 Å². The van der Waals surface area contributed by atoms with Gasteiger partial charge in [0.15, 0.2) is 5.84 Å². The van der Waals surface area contributed by atoms with Crippen molar-refractivity contribution >= 4 is 17.4 Å². The van der Waals surface area contributed by atoms with Crippen LogP contribution in [0.15, 0.2) is 17.2 Å². The normalized spacial score (nSPS) is 24.7. The Balaban J connectivity index is 1.75. The fourth-order valence-electron chi connectivity index (χ4n) is 3.54. The molecule has 122 valence electrons. The van der Waals surface area contributed by atoms with Gasteiger partial charge in [0.1, 0.15) is 18.4 Å². The van der Waals surface area contributed by atoms with Crippen molar-refractivity contribution in [1.29, 1.82) is 0 Å². The van der Waals surface area contributed by atoms with E-state index >= 15 is 0 Å². The van der Waals surface area contributed by atoms with Crippen LogP contribution in [0, 0.1) is 12.3 Å². The van der Waals surface area contributed by atoms with Crippen molar-refractivity contribution in [2.75, 3.05) is 24.6 Å². The summed E-state index contributed by atoms with van der Waals surface area (Å²) < 4.78 is 5.85. The Kier molecular flexibility index (Phi) is 3.13. The van der Waals surface area contributed by atoms with E-state index in [0.717, 1.165) is 36.8 Å². The molecule has 1 amide bonds. The minimum absolute atomic E-state index is 0.0844. The van der Waals surface area contributed by atoms with Crippen LogP contribution in [0.1, 0.15) is 25.0 Å². The molecule has 3 aliphatic rings. The zero-order valence-corrected chi connectivity index (χ0v) is 13.8. The van der Waals surface area contributed by atoms with E-state index in [1.807, 2.05) is 11.8 Å². The smallest absolute Gasteiger partial charge is 0.262 e. The van der Waals surface area contributed by atoms with Crippen molar-refractivity contribution in [2.24, 2.45) is 10.5 Å². The van der Waals surface area contributed by atoms with Gasteiger partial charge in [-0.3, -0.25) is 4.79 Å². The second kappa shape index (κ2) is 4.96. The predicted molar refractivity (Wildman–Crippen MR) is 88.9 cm³/mol. The van der Waals surface area contributed by atoms with Crippen molar-refractivity contribution in [2.45, 2.75) is 33.2 Å². The average Bonchev–Trinajstić information content (AvgIpc) is 2.50. The molecule has 0 unspecified atom stereocenters. The highest BCUT2D eigenvalue weighted by molar-refractivity contribution is 6.09. The van der Waals surface area contributed by atoms with E-state index in [1.54, 1.807) is 0 Å². The first-order valence-electron chi connectivity index (χ1n) is 8.10. The first-order valence-corrected chi connectivity index (χ1v) is 8.10. The summed E-state index contributed by atoms with van der Waals surface area (Å²) in [5.41, 5.74) is 6.39. The summed E-state index contributed by atoms with van der Waals surface area (Å²) in [5, 5.41) is 7.50. The monoisotopic (exact) mass is 314 g/mol. The Labute approximate surface area is 135 Å². The molecule has 1 fully saturated rings. The lowest BCUT2D eigenvalue weighted by Crippen LogP contribution is -2.55. The fraction of sp³-hybridized carbons (Fsp3) is 0.529. The summed E-state index contributed by atoms with van der Waals surface area (Å²) in [6.07, 6.45) is 1.03. The molecule has 6 heteroatoms. The highest BCUT2D eigenvalue weighted by Gasteiger charge is 2.37. The number of benzene rings is 1. The molecule has 23 heavy (non-hydrogen) atoms. The van der Waals surface area contributed by atoms with E-state index in [0.29, 0.717) is 12.0 Å². The molecular weight excluding hydrogens is 292 g/mol. The van der Waals surface area contributed by atoms with Crippen LogP contribution in [0.2, 0.25) is 0 Å². The van der Waals surface area contributed by atoms with Gasteiger partial charge in [0, 0.05) is 13.1 Å². The molecule has 0 aliphatic carbocycles. The van der Waals surface area contributed by atoms with Crippen LogP contribution >= 0.6 is 0 Å². The van der Waals surface area contributed by atoms with E-state index in [-0.39, 0.29) is 11.9 Å². The van der Waals surface area contributed by atoms with E-state index in [2.05, 4.69) is 41.8 Å². The number of hydrogen-bond donors (Lipinski definition) is 2. The SMILES string of the molecule is Cc1cc2c(cc1CC1(C)CNC1)N1C(=NNC(=O)[C@H]1C)CO2. The third-order valence-electron chi connectivity index (χ3n) is 5.09. The molecule has 0 spiro atoms. The number of fused-ring (bicyclic) bond motifs is 3. The molecule has 6 nitrogen and oxygen atoms in total. The van der Waals surface area contributed by atoms with Gasteiger partial charge in [0.2, 0.25) is 0 Å². The lowest BCUT2D eigenvalue weighted by molar-refractivity contribution is -0.122. The number of carbonyl (C=O) groups excluding carboxylic acids is 1. The summed E-state index contributed by atoms with van der Waals surface area (Å²) in [7, 11) is 0. The van der Waals surface area contributed by atoms with Crippen LogP contribution in [0.5, 0.6) is 5.75 Å². The van der Waals surface area contributed by atoms with Gasteiger partial charge in [-0.25, -0.2) is 5.43 Å². The highest BCUT2D eigenvalue weighted by atomic mass is 16.5. The third-order valence-corrected chi connectivity index (χ3v) is 5.09. The number of anilines is 1. The van der Waals surface area contributed by atoms with Crippen LogP contribution < -0.4 is 20.4 Å². The molecule has 1 saturated heterocycles. The molecule has 2 N–H and O–H groups in total. The number of amides is 1. The second-order valence-corrected chi connectivity index (χ2v) is 7.18. The van der Waals surface area contributed by atoms with Gasteiger partial charge >= 0.3 is 0 Å². The predicted octanol–water partition coefficient (Wildman–Crippen LogP) is 1.18. The number of hydrogen-bond acceptors (Lipinski definition) is 5. The number of amidine groups is 1. The number of carbonyl (C=O) groups is 1. The molecule has 4 rings (SSSR count). The standard InChI is InChI=1S/C17H22N4O2/c1-10-4-14-13(5-12(10)6-17(3)8-18-9-17)21-11(2)16(22)20-19-15(21)7-23-14/h4-5,11,18H,6-9H2,1-3H3,(H,20,22)/t11-/m1/s1. The Morgan fingerprint density at radius 2 is 2.22 bits per heavy atom. The summed E-state index contributed by atoms with van der Waals surface area (Å²) in [6, 6.07) is 4.00. The number of nitrogens with zero attached hydrogens (tertiary/aromatic N) is 2. The van der Waals surface area contributed by atoms with Gasteiger partial charge in [-0.05, 0) is 48.9 Å². The number of ether oxygens (including phenoxy) is 1. The molecule has 0 aromatic heterocycles. The first-order chi connectivity index (χ1) is 11.0. The largest absolute Gasteiger partial charge is 0.483 e. The molecular formula is C17H22N4O2. The summed E-state index contributed by atoms with van der Waals surface area (Å²) >= 11 is 0. The first kappa shape index (κ1) is 14.5. The fourth-order valence-corrected chi connectivity index (χ4v) is 3.54. The number of aryl methyl sites for hydroxylation is 1. The van der Waals surface area contributed by atoms with Gasteiger partial charge in [0.25, 0.3) is 5.91 Å². The number of nitrogens with one attached hydrogen (secondary N) is 2. The summed E-state index contributed by atoms with van der Waals surface area (Å²) in [5.74, 6) is 1.51. The third kappa shape index (κ3) is 2.28. The number of hydrazone groups is 1. The van der Waals surface area contributed by atoms with Crippen molar-refractivity contribution in [3.63, 3.8) is 0 Å². The van der Waals surface area contributed by atoms with Crippen LogP contribution in [0.25, 0.3) is 0 Å². The Bertz CT molecular complexity index is 709. The van der Waals surface area contributed by atoms with Crippen molar-refractivity contribution in [3.05, 3.63) is 23.3 Å². The second-order valence-electron chi connectivity index (χ2n) is 7.18. The van der Waals surface area contributed by atoms with E-state index in [4.69, 9.17) is 4.74 Å². The minimum Gasteiger partial charge on any atom is -0.483 e. The van der Waals surface area contributed by atoms with E-state index in [9.17, 15) is 4.79 Å². The van der Waals surface area contributed by atoms with Gasteiger partial charge in [-0.1, -0.05) is 6.92 Å². The molecule has 1 aromatic carbocycles. The highest BCUT2D eigenvalue weighted by Crippen LogP contribution is 2.39. The molecule has 1 atom stereocenters. The molecule has 0 bridgehead atoms. The van der Waals surface area contributed by atoms with E-state index < -0.39 is 0 Å². The Hall–Kier alpha value is -2.08. The molecule has 0 radical (unpaired) electrons. The molecule has 3 aliphatic heterocycles. The quantitative estimate of drug-likeness (QED) is 0.860. The maximum Gasteiger partial charge on any atom is 0.262 e. The minimum atomic E-state index is -0.276. The maximum absolute atomic E-state index is 12.0. The van der Waals surface area contributed by atoms with Gasteiger partial charge in [0.05, 0.1) is 5.69 Å². The van der Waals surface area contributed by atoms with Crippen molar-refractivity contribution in [3.8, 4) is 5.75 Å². The topological polar surface area (TPSA) is 66.0 Å². The van der Waals surface area contributed by atoms with Gasteiger partial charge in [-0.2, -0.15) is 5.10 Å². The van der Waals surface area contributed by atoms with Crippen LogP contribution in [0.4, 0.5) is 5.69 Å². The zero-order valence-electron chi connectivity index (χ0n) is 13.8. The van der Waals surface area contributed by atoms with Crippen LogP contribution in [-0.2, 0) is 11.2 Å². The average molecular weight is 314 g/mol. The molecule has 3 heterocycles. The van der Waals surface area contributed by atoms with E-state index in [1.165, 1.54) is 11.1 Å². The summed E-state index contributed by atoms with van der Waals surface area (Å²) in [6.45, 7) is 8.82. The molecule has 0 saturated carbocycles. The van der Waals surface area contributed by atoms with Gasteiger partial charge < -0.3 is 15.0 Å². The lowest BCUT2D eigenvalue weighted by atomic mass is 9.77. The van der Waals surface area contributed by atoms with Gasteiger partial charge in [-0.15, -0.1) is 0 Å². The molecule has 1 aromatic rings. The zero-order chi connectivity index (χ0) is 16.2. The van der Waals surface area contributed by atoms with Crippen molar-refractivity contribution < 1.29 is 9.53 Å². The maximum atomic E-state index is 12.0. The van der Waals surface area contributed by atoms with Crippen LogP contribution in [-0.4, -0.2) is 37.5 Å². The Morgan fingerprint density at radius 1 is 1.43 bits per heavy atom. The Morgan fingerprint density at radius 3 is 2.91 bits per heavy atom.